The van der Waals surface area contributed by atoms with E-state index in [4.69, 9.17) is 4.74 Å². The van der Waals surface area contributed by atoms with Gasteiger partial charge in [-0.3, -0.25) is 0 Å². The second kappa shape index (κ2) is 5.12. The fourth-order valence-corrected chi connectivity index (χ4v) is 3.99. The van der Waals surface area contributed by atoms with E-state index in [1.807, 2.05) is 18.2 Å². The number of rotatable bonds is 2. The van der Waals surface area contributed by atoms with E-state index in [0.29, 0.717) is 16.7 Å². The summed E-state index contributed by atoms with van der Waals surface area (Å²) in [6.07, 6.45) is 0. The van der Waals surface area contributed by atoms with Crippen LogP contribution < -0.4 is 10.3 Å². The molecule has 20 heavy (non-hydrogen) atoms. The minimum atomic E-state index is -0.298. The first-order chi connectivity index (χ1) is 9.70. The topological polar surface area (TPSA) is 48.3 Å². The van der Waals surface area contributed by atoms with Crippen LogP contribution in [0.15, 0.2) is 53.3 Å². The van der Waals surface area contributed by atoms with Crippen LogP contribution in [0.5, 0.6) is 5.75 Å². The van der Waals surface area contributed by atoms with Gasteiger partial charge < -0.3 is 0 Å². The Labute approximate surface area is 121 Å². The zero-order valence-corrected chi connectivity index (χ0v) is 12.4. The maximum atomic E-state index is 12.5. The number of nitrogens with zero attached hydrogens (tertiary/aromatic N) is 1. The van der Waals surface area contributed by atoms with Gasteiger partial charge in [0.05, 0.1) is 0 Å². The zero-order chi connectivity index (χ0) is 14.1. The Hall–Kier alpha value is -2.10. The van der Waals surface area contributed by atoms with Crippen molar-refractivity contribution in [2.75, 3.05) is 7.11 Å². The predicted molar refractivity (Wildman–Crippen MR) is 77.9 cm³/mol. The van der Waals surface area contributed by atoms with E-state index in [0.717, 1.165) is 4.26 Å². The molecule has 0 unspecified atom stereocenters. The minimum absolute atomic E-state index is 0.214. The molecular weight excluding hydrogens is 321 g/mol. The predicted octanol–water partition coefficient (Wildman–Crippen LogP) is 1.76. The van der Waals surface area contributed by atoms with Gasteiger partial charge in [-0.15, -0.1) is 0 Å². The molecule has 0 amide bonds. The van der Waals surface area contributed by atoms with E-state index < -0.39 is 0 Å². The molecule has 0 radical (unpaired) electrons. The molecule has 3 rings (SSSR count). The van der Waals surface area contributed by atoms with Crippen LogP contribution in [0.1, 0.15) is 10.4 Å². The average molecular weight is 332 g/mol. The summed E-state index contributed by atoms with van der Waals surface area (Å²) < 4.78 is 7.38. The number of carbonyl (C=O) groups excluding carboxylic acids is 1. The first kappa shape index (κ1) is 12.9. The number of hydrogen-bond acceptors (Lipinski definition) is 3. The van der Waals surface area contributed by atoms with Crippen molar-refractivity contribution in [1.82, 2.24) is 3.56 Å². The summed E-state index contributed by atoms with van der Waals surface area (Å²) >= 11 is -0.298. The Kier molecular flexibility index (Phi) is 3.30. The average Bonchev–Trinajstić information content (AvgIpc) is 2.84. The molecule has 0 aliphatic heterocycles. The van der Waals surface area contributed by atoms with Gasteiger partial charge in [-0.25, -0.2) is 0 Å². The molecule has 0 aliphatic carbocycles. The summed E-state index contributed by atoms with van der Waals surface area (Å²) in [5.74, 6) is 0.331. The molecule has 0 fully saturated rings. The van der Waals surface area contributed by atoms with Crippen molar-refractivity contribution < 1.29 is 9.53 Å². The molecule has 1 aromatic heterocycles. The van der Waals surface area contributed by atoms with Crippen LogP contribution in [0.3, 0.4) is 0 Å². The van der Waals surface area contributed by atoms with Crippen LogP contribution in [0.25, 0.3) is 9.65 Å². The summed E-state index contributed by atoms with van der Waals surface area (Å²) in [4.78, 5) is 24.7. The van der Waals surface area contributed by atoms with Crippen molar-refractivity contribution in [3.8, 4) is 5.75 Å². The van der Waals surface area contributed by atoms with Gasteiger partial charge in [0.15, 0.2) is 0 Å². The first-order valence-electron chi connectivity index (χ1n) is 6.00. The Morgan fingerprint density at radius 1 is 1.15 bits per heavy atom. The number of carbonyl (C=O) groups is 1. The van der Waals surface area contributed by atoms with Crippen LogP contribution in [0, 0.1) is 0 Å². The SMILES string of the molecule is COc1cccc(C(=O)n2[se]c3ccccc3c2=O)c1. The third kappa shape index (κ3) is 2.11. The Morgan fingerprint density at radius 3 is 2.70 bits per heavy atom. The van der Waals surface area contributed by atoms with Gasteiger partial charge in [0.25, 0.3) is 0 Å². The molecule has 100 valence electrons. The molecule has 2 aromatic carbocycles. The molecule has 0 saturated carbocycles. The summed E-state index contributed by atoms with van der Waals surface area (Å²) in [5.41, 5.74) is 0.251. The van der Waals surface area contributed by atoms with E-state index in [-0.39, 0.29) is 26.2 Å². The molecule has 1 heterocycles. The number of fused-ring (bicyclic) bond motifs is 1. The third-order valence-electron chi connectivity index (χ3n) is 2.99. The number of aromatic nitrogens is 1. The molecule has 5 heteroatoms. The third-order valence-corrected chi connectivity index (χ3v) is 5.23. The summed E-state index contributed by atoms with van der Waals surface area (Å²) in [7, 11) is 1.55. The van der Waals surface area contributed by atoms with Gasteiger partial charge in [-0.1, -0.05) is 0 Å². The standard InChI is InChI=1S/C15H11NO3Se/c1-19-11-6-4-5-10(9-11)14(17)16-15(18)12-7-2-3-8-13(12)20-16/h2-9H,1H3. The monoisotopic (exact) mass is 333 g/mol. The quantitative estimate of drug-likeness (QED) is 0.672. The second-order valence-electron chi connectivity index (χ2n) is 4.22. The fraction of sp³-hybridized carbons (Fsp3) is 0.0667. The molecule has 0 N–H and O–H groups in total. The number of benzene rings is 2. The Bertz CT molecular complexity index is 847. The fourth-order valence-electron chi connectivity index (χ4n) is 1.98. The van der Waals surface area contributed by atoms with E-state index in [1.54, 1.807) is 37.4 Å². The number of ether oxygens (including phenoxy) is 1. The molecule has 0 bridgehead atoms. The molecular formula is C15H11NO3Se. The summed E-state index contributed by atoms with van der Waals surface area (Å²) in [6.45, 7) is 0. The van der Waals surface area contributed by atoms with Crippen molar-refractivity contribution in [1.29, 1.82) is 0 Å². The summed E-state index contributed by atoms with van der Waals surface area (Å²) in [6, 6.07) is 14.2. The molecule has 0 aliphatic rings. The molecule has 3 aromatic rings. The van der Waals surface area contributed by atoms with E-state index in [9.17, 15) is 9.59 Å². The Morgan fingerprint density at radius 2 is 1.95 bits per heavy atom. The number of methoxy groups -OCH3 is 1. The zero-order valence-electron chi connectivity index (χ0n) is 10.7. The first-order valence-corrected chi connectivity index (χ1v) is 7.63. The molecule has 0 saturated heterocycles. The second-order valence-corrected chi connectivity index (χ2v) is 6.30. The van der Waals surface area contributed by atoms with E-state index >= 15 is 0 Å². The summed E-state index contributed by atoms with van der Waals surface area (Å²) in [5, 5.41) is 0.628. The van der Waals surface area contributed by atoms with E-state index in [1.165, 1.54) is 3.56 Å². The Balaban J connectivity index is 2.12. The van der Waals surface area contributed by atoms with Gasteiger partial charge in [-0.05, 0) is 0 Å². The van der Waals surface area contributed by atoms with Crippen molar-refractivity contribution in [3.63, 3.8) is 0 Å². The molecule has 0 spiro atoms. The van der Waals surface area contributed by atoms with Gasteiger partial charge in [0.2, 0.25) is 0 Å². The van der Waals surface area contributed by atoms with Gasteiger partial charge in [0.1, 0.15) is 0 Å². The van der Waals surface area contributed by atoms with Gasteiger partial charge in [0, 0.05) is 0 Å². The van der Waals surface area contributed by atoms with Crippen molar-refractivity contribution in [3.05, 3.63) is 64.4 Å². The van der Waals surface area contributed by atoms with Crippen molar-refractivity contribution in [2.45, 2.75) is 0 Å². The number of hydrogen-bond donors (Lipinski definition) is 0. The van der Waals surface area contributed by atoms with Crippen LogP contribution in [0.2, 0.25) is 0 Å². The van der Waals surface area contributed by atoms with Crippen LogP contribution in [-0.4, -0.2) is 31.3 Å². The molecule has 4 nitrogen and oxygen atoms in total. The van der Waals surface area contributed by atoms with Crippen LogP contribution in [-0.2, 0) is 0 Å². The normalized spacial score (nSPS) is 10.7. The van der Waals surface area contributed by atoms with Crippen molar-refractivity contribution in [2.24, 2.45) is 0 Å². The van der Waals surface area contributed by atoms with Gasteiger partial charge >= 0.3 is 121 Å². The maximum absolute atomic E-state index is 12.5. The van der Waals surface area contributed by atoms with Crippen LogP contribution in [0.4, 0.5) is 0 Å². The van der Waals surface area contributed by atoms with Crippen LogP contribution >= 0.6 is 0 Å². The van der Waals surface area contributed by atoms with Crippen molar-refractivity contribution >= 4 is 30.3 Å². The van der Waals surface area contributed by atoms with E-state index in [2.05, 4.69) is 0 Å². The molecule has 0 atom stereocenters. The van der Waals surface area contributed by atoms with Gasteiger partial charge in [-0.2, -0.15) is 0 Å².